The highest BCUT2D eigenvalue weighted by Crippen LogP contribution is 2.65. The van der Waals surface area contributed by atoms with Crippen LogP contribution in [0.4, 0.5) is 0 Å². The molecule has 0 radical (unpaired) electrons. The van der Waals surface area contributed by atoms with Crippen LogP contribution in [0.15, 0.2) is 0 Å². The summed E-state index contributed by atoms with van der Waals surface area (Å²) >= 11 is 4.07. The number of nitrogens with one attached hydrogen (secondary N) is 3. The molecule has 3 fully saturated rings. The Morgan fingerprint density at radius 2 is 1.75 bits per heavy atom. The number of nitrogens with two attached hydrogens (primary N) is 1. The number of carbonyl (C=O) groups excluding carboxylic acids is 5. The Morgan fingerprint density at radius 3 is 2.23 bits per heavy atom. The van der Waals surface area contributed by atoms with Gasteiger partial charge in [-0.1, -0.05) is 55.4 Å². The predicted molar refractivity (Wildman–Crippen MR) is 153 cm³/mol. The molecule has 0 unspecified atom stereocenters. The van der Waals surface area contributed by atoms with Gasteiger partial charge in [0, 0.05) is 25.4 Å². The van der Waals surface area contributed by atoms with Crippen molar-refractivity contribution in [2.45, 2.75) is 97.7 Å². The largest absolute Gasteiger partial charge is 0.369 e. The fourth-order valence-electron chi connectivity index (χ4n) is 6.23. The quantitative estimate of drug-likeness (QED) is 0.172. The van der Waals surface area contributed by atoms with Crippen LogP contribution < -0.4 is 21.7 Å². The number of carbonyl (C=O) groups is 5. The number of piperidine rings is 1. The molecule has 1 saturated carbocycles. The molecule has 226 valence electrons. The average Bonchev–Trinajstić information content (AvgIpc) is 3.14. The zero-order valence-corrected chi connectivity index (χ0v) is 25.9. The van der Waals surface area contributed by atoms with Gasteiger partial charge in [-0.2, -0.15) is 0 Å². The molecule has 3 aliphatic rings. The third-order valence-electron chi connectivity index (χ3n) is 8.72. The molecular weight excluding hydrogens is 534 g/mol. The minimum Gasteiger partial charge on any atom is -0.369 e. The molecule has 5 amide bonds. The third kappa shape index (κ3) is 6.58. The van der Waals surface area contributed by atoms with Crippen LogP contribution in [0.25, 0.3) is 0 Å². The molecule has 1 aliphatic carbocycles. The van der Waals surface area contributed by atoms with E-state index in [1.165, 1.54) is 4.90 Å². The average molecular weight is 582 g/mol. The first kappa shape index (κ1) is 32.2. The summed E-state index contributed by atoms with van der Waals surface area (Å²) in [5.74, 6) is -3.19. The summed E-state index contributed by atoms with van der Waals surface area (Å²) in [5.41, 5.74) is 4.31. The van der Waals surface area contributed by atoms with E-state index >= 15 is 0 Å². The monoisotopic (exact) mass is 581 g/mol. The zero-order valence-electron chi connectivity index (χ0n) is 25.0. The van der Waals surface area contributed by atoms with Crippen LogP contribution in [0.5, 0.6) is 0 Å². The van der Waals surface area contributed by atoms with Crippen molar-refractivity contribution >= 4 is 42.2 Å². The van der Waals surface area contributed by atoms with Crippen LogP contribution in [0, 0.1) is 34.0 Å². The molecule has 12 heteroatoms. The minimum absolute atomic E-state index is 0.0495. The maximum absolute atomic E-state index is 14.0. The lowest BCUT2D eigenvalue weighted by molar-refractivity contribution is -0.146. The number of rotatable bonds is 9. The number of hydrogen-bond acceptors (Lipinski definition) is 7. The van der Waals surface area contributed by atoms with Crippen molar-refractivity contribution in [3.63, 3.8) is 0 Å². The molecule has 2 aliphatic heterocycles. The second-order valence-corrected chi connectivity index (χ2v) is 15.3. The number of aliphatic hydroxyl groups is 1. The summed E-state index contributed by atoms with van der Waals surface area (Å²) < 4.78 is 0. The molecule has 0 spiro atoms. The van der Waals surface area contributed by atoms with Crippen molar-refractivity contribution < 1.29 is 29.1 Å². The molecule has 0 bridgehead atoms. The van der Waals surface area contributed by atoms with Gasteiger partial charge in [0.1, 0.15) is 12.1 Å². The van der Waals surface area contributed by atoms with E-state index in [4.69, 9.17) is 5.73 Å². The summed E-state index contributed by atoms with van der Waals surface area (Å²) in [5, 5.41) is 19.2. The van der Waals surface area contributed by atoms with Gasteiger partial charge >= 0.3 is 0 Å². The van der Waals surface area contributed by atoms with Crippen molar-refractivity contribution in [2.75, 3.05) is 13.1 Å². The van der Waals surface area contributed by atoms with E-state index in [1.807, 2.05) is 55.4 Å². The molecule has 11 nitrogen and oxygen atoms in total. The van der Waals surface area contributed by atoms with Gasteiger partial charge in [-0.3, -0.25) is 24.0 Å². The van der Waals surface area contributed by atoms with Gasteiger partial charge in [0.2, 0.25) is 28.6 Å². The second-order valence-electron chi connectivity index (χ2n) is 14.7. The maximum atomic E-state index is 14.0. The highest BCUT2D eigenvalue weighted by Gasteiger charge is 2.70. The lowest BCUT2D eigenvalue weighted by Gasteiger charge is -2.39. The van der Waals surface area contributed by atoms with Gasteiger partial charge in [0.25, 0.3) is 5.91 Å². The van der Waals surface area contributed by atoms with Crippen molar-refractivity contribution in [2.24, 2.45) is 39.7 Å². The van der Waals surface area contributed by atoms with E-state index in [-0.39, 0.29) is 53.2 Å². The standard InChI is InChI=1S/C28H47N5O6S/c1-25(2,3)12-17(34)32-20(26(4,5)6)23(37)33-13-15-18(27(15,7)8)19(33)22(36)31-16(28(39,40)24(29)38)11-14-9-10-30-21(14)35/h14-16,18-20,39-40H,9-13H2,1-8H3,(H2,29,38)(H,30,35)(H,31,36)(H,32,34)/t14-,15-,16-,18-,19-,20+,28-/m0/s1. The number of hydrogen-bond donors (Lipinski definition) is 6. The van der Waals surface area contributed by atoms with E-state index in [0.29, 0.717) is 19.5 Å². The molecule has 40 heavy (non-hydrogen) atoms. The number of fused-ring (bicyclic) bond motifs is 1. The van der Waals surface area contributed by atoms with Crippen molar-refractivity contribution in [3.05, 3.63) is 0 Å². The summed E-state index contributed by atoms with van der Waals surface area (Å²) in [6, 6.07) is -3.03. The first-order valence-electron chi connectivity index (χ1n) is 14.0. The van der Waals surface area contributed by atoms with Crippen molar-refractivity contribution in [1.29, 1.82) is 0 Å². The summed E-state index contributed by atoms with van der Waals surface area (Å²) in [4.78, 5) is 64.3. The van der Waals surface area contributed by atoms with Crippen LogP contribution in [-0.4, -0.2) is 75.7 Å². The normalized spacial score (nSPS) is 28.6. The van der Waals surface area contributed by atoms with E-state index in [9.17, 15) is 29.1 Å². The Hall–Kier alpha value is -2.34. The van der Waals surface area contributed by atoms with Gasteiger partial charge < -0.3 is 31.7 Å². The van der Waals surface area contributed by atoms with Gasteiger partial charge in [0.15, 0.2) is 0 Å². The first-order valence-corrected chi connectivity index (χ1v) is 14.5. The molecule has 7 atom stereocenters. The number of amides is 5. The number of thiol groups is 1. The number of nitrogens with zero attached hydrogens (tertiary/aromatic N) is 1. The van der Waals surface area contributed by atoms with Crippen LogP contribution in [0.1, 0.15) is 74.7 Å². The van der Waals surface area contributed by atoms with E-state index in [0.717, 1.165) is 0 Å². The van der Waals surface area contributed by atoms with Crippen LogP contribution in [0.3, 0.4) is 0 Å². The molecule has 0 aromatic rings. The molecule has 2 saturated heterocycles. The lowest BCUT2D eigenvalue weighted by atomic mass is 9.84. The molecular formula is C28H47N5O6S. The van der Waals surface area contributed by atoms with Crippen LogP contribution in [-0.2, 0) is 24.0 Å². The Kier molecular flexibility index (Phi) is 8.70. The smallest absolute Gasteiger partial charge is 0.261 e. The van der Waals surface area contributed by atoms with E-state index in [2.05, 4.69) is 28.6 Å². The zero-order chi connectivity index (χ0) is 30.6. The molecule has 6 N–H and O–H groups in total. The Balaban J connectivity index is 1.89. The Morgan fingerprint density at radius 1 is 1.15 bits per heavy atom. The van der Waals surface area contributed by atoms with Gasteiger partial charge in [-0.15, -0.1) is 12.6 Å². The SMILES string of the molecule is CC(C)(C)CC(=O)N[C@H](C(=O)N1C[C@H]2[C@@H]([C@H]1C(=O)N[C@@H](C[C@@H]1CCNC1=O)[C@](O)(S)C(N)=O)C2(C)C)C(C)(C)C. The number of primary amides is 1. The summed E-state index contributed by atoms with van der Waals surface area (Å²) in [6.07, 6.45) is 0.659. The van der Waals surface area contributed by atoms with Crippen molar-refractivity contribution in [1.82, 2.24) is 20.9 Å². The second kappa shape index (κ2) is 10.8. The fraction of sp³-hybridized carbons (Fsp3) is 0.821. The molecule has 0 aromatic carbocycles. The van der Waals surface area contributed by atoms with Crippen LogP contribution in [0.2, 0.25) is 0 Å². The van der Waals surface area contributed by atoms with Crippen LogP contribution >= 0.6 is 12.6 Å². The van der Waals surface area contributed by atoms with Crippen molar-refractivity contribution in [3.8, 4) is 0 Å². The van der Waals surface area contributed by atoms with Gasteiger partial charge in [0.05, 0.1) is 6.04 Å². The predicted octanol–water partition coefficient (Wildman–Crippen LogP) is 0.551. The molecule has 2 heterocycles. The number of likely N-dealkylation sites (tertiary alicyclic amines) is 1. The molecule has 3 rings (SSSR count). The maximum Gasteiger partial charge on any atom is 0.261 e. The minimum atomic E-state index is -2.42. The lowest BCUT2D eigenvalue weighted by Crippen LogP contribution is -2.63. The first-order chi connectivity index (χ1) is 18.1. The highest BCUT2D eigenvalue weighted by molar-refractivity contribution is 7.82. The van der Waals surface area contributed by atoms with E-state index in [1.54, 1.807) is 0 Å². The summed E-state index contributed by atoms with van der Waals surface area (Å²) in [6.45, 7) is 16.3. The van der Waals surface area contributed by atoms with Gasteiger partial charge in [-0.05, 0) is 40.9 Å². The third-order valence-corrected chi connectivity index (χ3v) is 9.25. The van der Waals surface area contributed by atoms with E-state index < -0.39 is 46.2 Å². The Labute approximate surface area is 242 Å². The molecule has 0 aromatic heterocycles. The Bertz CT molecular complexity index is 1060. The summed E-state index contributed by atoms with van der Waals surface area (Å²) in [7, 11) is 0. The topological polar surface area (TPSA) is 171 Å². The fourth-order valence-corrected chi connectivity index (χ4v) is 6.40. The van der Waals surface area contributed by atoms with Gasteiger partial charge in [-0.25, -0.2) is 0 Å². The highest BCUT2D eigenvalue weighted by atomic mass is 32.1.